The molecule has 0 bridgehead atoms. The van der Waals surface area contributed by atoms with E-state index in [0.717, 1.165) is 43.8 Å². The fraction of sp³-hybridized carbons (Fsp3) is 0.375. The van der Waals surface area contributed by atoms with Crippen LogP contribution in [0.3, 0.4) is 0 Å². The average Bonchev–Trinajstić information content (AvgIpc) is 3.26. The Bertz CT molecular complexity index is 1350. The molecule has 2 heterocycles. The monoisotopic (exact) mass is 556 g/mol. The number of halogens is 2. The maximum absolute atomic E-state index is 11.5. The van der Waals surface area contributed by atoms with Gasteiger partial charge in [-0.25, -0.2) is 8.42 Å². The molecule has 10 heteroatoms. The lowest BCUT2D eigenvalue weighted by Gasteiger charge is -2.21. The van der Waals surface area contributed by atoms with Crippen molar-refractivity contribution in [2.45, 2.75) is 50.3 Å². The second-order valence-electron chi connectivity index (χ2n) is 8.83. The van der Waals surface area contributed by atoms with Gasteiger partial charge in [-0.05, 0) is 49.6 Å². The van der Waals surface area contributed by atoms with Gasteiger partial charge in [0.1, 0.15) is 4.70 Å². The number of thioether (sulfide) groups is 1. The first-order valence-electron chi connectivity index (χ1n) is 11.1. The lowest BCUT2D eigenvalue weighted by molar-refractivity contribution is -0.669. The molecule has 0 saturated heterocycles. The van der Waals surface area contributed by atoms with Crippen LogP contribution >= 0.6 is 46.3 Å². The summed E-state index contributed by atoms with van der Waals surface area (Å²) in [6.45, 7) is 7.15. The third-order valence-electron chi connectivity index (χ3n) is 5.81. The Morgan fingerprint density at radius 2 is 1.79 bits per heavy atom. The van der Waals surface area contributed by atoms with E-state index in [-0.39, 0.29) is 6.42 Å². The van der Waals surface area contributed by atoms with Crippen LogP contribution in [-0.4, -0.2) is 24.8 Å². The van der Waals surface area contributed by atoms with Crippen molar-refractivity contribution >= 4 is 78.4 Å². The predicted octanol–water partition coefficient (Wildman–Crippen LogP) is 6.78. The van der Waals surface area contributed by atoms with Crippen LogP contribution in [0, 0.1) is 5.92 Å². The number of thiazole rings is 1. The maximum atomic E-state index is 11.5. The van der Waals surface area contributed by atoms with E-state index in [9.17, 15) is 13.0 Å². The van der Waals surface area contributed by atoms with Crippen molar-refractivity contribution in [2.24, 2.45) is 5.92 Å². The fourth-order valence-corrected chi connectivity index (χ4v) is 6.79. The highest BCUT2D eigenvalue weighted by Crippen LogP contribution is 2.48. The summed E-state index contributed by atoms with van der Waals surface area (Å²) in [5.41, 5.74) is 2.03. The molecule has 4 rings (SSSR count). The van der Waals surface area contributed by atoms with E-state index in [2.05, 4.69) is 29.4 Å². The minimum Gasteiger partial charge on any atom is -0.748 e. The summed E-state index contributed by atoms with van der Waals surface area (Å²) in [5.74, 6) is 0.557. The van der Waals surface area contributed by atoms with Gasteiger partial charge in [-0.2, -0.15) is 4.57 Å². The van der Waals surface area contributed by atoms with E-state index in [0.29, 0.717) is 22.5 Å². The van der Waals surface area contributed by atoms with E-state index in [4.69, 9.17) is 23.2 Å². The van der Waals surface area contributed by atoms with E-state index in [1.807, 2.05) is 36.4 Å². The summed E-state index contributed by atoms with van der Waals surface area (Å²) in [4.78, 5) is 3.46. The van der Waals surface area contributed by atoms with Gasteiger partial charge in [-0.15, -0.1) is 0 Å². The molecule has 1 atom stereocenters. The van der Waals surface area contributed by atoms with Crippen LogP contribution in [0.15, 0.2) is 46.3 Å². The van der Waals surface area contributed by atoms with Gasteiger partial charge in [0, 0.05) is 34.0 Å². The zero-order valence-corrected chi connectivity index (χ0v) is 23.1. The molecule has 1 aliphatic rings. The molecule has 182 valence electrons. The highest BCUT2D eigenvalue weighted by atomic mass is 35.5. The van der Waals surface area contributed by atoms with Crippen molar-refractivity contribution in [3.63, 3.8) is 0 Å². The van der Waals surface area contributed by atoms with Crippen LogP contribution in [0.1, 0.15) is 38.6 Å². The molecule has 1 aromatic heterocycles. The number of hydrogen-bond acceptors (Lipinski definition) is 6. The standard InChI is InChI=1S/C24H26Cl2N2O3S3/c1-15(2)8-10-27-19-12-17(25)4-6-21(19)32-23(27)14-24-28(11-9-16(3)34(29,30)31)20-13-18(26)5-7-22(20)33-24/h4-7,12-16H,8-11H2,1-3H3. The smallest absolute Gasteiger partial charge is 0.265 e. The highest BCUT2D eigenvalue weighted by molar-refractivity contribution is 8.03. The zero-order valence-electron chi connectivity index (χ0n) is 19.1. The number of aryl methyl sites for hydroxylation is 1. The van der Waals surface area contributed by atoms with Crippen LogP contribution in [0.25, 0.3) is 16.3 Å². The molecular formula is C24H26Cl2N2O3S3. The second kappa shape index (κ2) is 10.4. The number of hydrogen-bond donors (Lipinski definition) is 0. The molecule has 0 fully saturated rings. The van der Waals surface area contributed by atoms with Crippen molar-refractivity contribution < 1.29 is 17.5 Å². The quantitative estimate of drug-likeness (QED) is 0.226. The van der Waals surface area contributed by atoms with Gasteiger partial charge in [-0.1, -0.05) is 60.1 Å². The van der Waals surface area contributed by atoms with E-state index in [1.165, 1.54) is 6.92 Å². The van der Waals surface area contributed by atoms with Gasteiger partial charge in [0.05, 0.1) is 32.2 Å². The number of nitrogens with zero attached hydrogens (tertiary/aromatic N) is 2. The Morgan fingerprint density at radius 1 is 1.09 bits per heavy atom. The van der Waals surface area contributed by atoms with Crippen molar-refractivity contribution in [1.29, 1.82) is 0 Å². The first kappa shape index (κ1) is 25.8. The van der Waals surface area contributed by atoms with Crippen LogP contribution in [-0.2, 0) is 16.7 Å². The first-order valence-corrected chi connectivity index (χ1v) is 14.9. The molecule has 2 aromatic carbocycles. The summed E-state index contributed by atoms with van der Waals surface area (Å²) < 4.78 is 37.6. The molecular weight excluding hydrogens is 531 g/mol. The molecule has 0 aliphatic carbocycles. The van der Waals surface area contributed by atoms with E-state index in [1.54, 1.807) is 23.1 Å². The van der Waals surface area contributed by atoms with Gasteiger partial charge in [-0.3, -0.25) is 0 Å². The number of rotatable bonds is 8. The zero-order chi connectivity index (χ0) is 24.6. The van der Waals surface area contributed by atoms with E-state index >= 15 is 0 Å². The third kappa shape index (κ3) is 5.74. The van der Waals surface area contributed by atoms with Crippen molar-refractivity contribution in [2.75, 3.05) is 11.4 Å². The number of aromatic nitrogens is 1. The van der Waals surface area contributed by atoms with Crippen molar-refractivity contribution in [3.05, 3.63) is 56.5 Å². The number of anilines is 1. The average molecular weight is 558 g/mol. The first-order chi connectivity index (χ1) is 16.0. The molecule has 5 nitrogen and oxygen atoms in total. The molecule has 34 heavy (non-hydrogen) atoms. The van der Waals surface area contributed by atoms with Crippen LogP contribution < -0.4 is 9.47 Å². The minimum atomic E-state index is -4.34. The Morgan fingerprint density at radius 3 is 2.50 bits per heavy atom. The van der Waals surface area contributed by atoms with Gasteiger partial charge in [0.2, 0.25) is 5.52 Å². The summed E-state index contributed by atoms with van der Waals surface area (Å²) in [7, 11) is -4.34. The van der Waals surface area contributed by atoms with Crippen molar-refractivity contribution in [3.8, 4) is 0 Å². The van der Waals surface area contributed by atoms with Crippen LogP contribution in [0.2, 0.25) is 10.0 Å². The molecule has 0 radical (unpaired) electrons. The molecule has 0 N–H and O–H groups in total. The fourth-order valence-electron chi connectivity index (χ4n) is 3.77. The summed E-state index contributed by atoms with van der Waals surface area (Å²) >= 11 is 15.9. The highest BCUT2D eigenvalue weighted by Gasteiger charge is 2.29. The molecule has 0 spiro atoms. The minimum absolute atomic E-state index is 0.227. The van der Waals surface area contributed by atoms with Gasteiger partial charge in [0.15, 0.2) is 6.54 Å². The largest absolute Gasteiger partial charge is 0.748 e. The SMILES string of the molecule is CC(C)CCN1/C(=C/c2sc3ccc(Cl)cc3[n+]2CCC(C)S(=O)(=O)[O-])Sc2ccc(Cl)cc21. The van der Waals surface area contributed by atoms with Gasteiger partial charge >= 0.3 is 0 Å². The Hall–Kier alpha value is -1.29. The Labute approximate surface area is 219 Å². The lowest BCUT2D eigenvalue weighted by atomic mass is 10.1. The second-order valence-corrected chi connectivity index (χ2v) is 13.6. The topological polar surface area (TPSA) is 64.3 Å². The summed E-state index contributed by atoms with van der Waals surface area (Å²) in [6.07, 6.45) is 3.41. The van der Waals surface area contributed by atoms with Gasteiger partial charge < -0.3 is 9.45 Å². The number of benzene rings is 2. The van der Waals surface area contributed by atoms with Crippen molar-refractivity contribution in [1.82, 2.24) is 0 Å². The Balaban J connectivity index is 1.76. The molecule has 0 amide bonds. The van der Waals surface area contributed by atoms with Gasteiger partial charge in [0.25, 0.3) is 5.01 Å². The Kier molecular flexibility index (Phi) is 7.86. The molecule has 1 aliphatic heterocycles. The lowest BCUT2D eigenvalue weighted by Crippen LogP contribution is -2.37. The molecule has 1 unspecified atom stereocenters. The molecule has 3 aromatic rings. The molecule has 0 saturated carbocycles. The van der Waals surface area contributed by atoms with E-state index < -0.39 is 15.4 Å². The third-order valence-corrected chi connectivity index (χ3v) is 9.73. The number of fused-ring (bicyclic) bond motifs is 2. The van der Waals surface area contributed by atoms with Crippen LogP contribution in [0.4, 0.5) is 5.69 Å². The normalized spacial score (nSPS) is 16.1. The summed E-state index contributed by atoms with van der Waals surface area (Å²) in [5, 5.41) is 2.41. The summed E-state index contributed by atoms with van der Waals surface area (Å²) in [6, 6.07) is 11.7. The predicted molar refractivity (Wildman–Crippen MR) is 143 cm³/mol. The van der Waals surface area contributed by atoms with Crippen LogP contribution in [0.5, 0.6) is 0 Å². The maximum Gasteiger partial charge on any atom is 0.265 e.